The number of methoxy groups -OCH3 is 1. The molecule has 3 N–H and O–H groups in total. The lowest BCUT2D eigenvalue weighted by molar-refractivity contribution is 0.140. The van der Waals surface area contributed by atoms with Crippen LogP contribution in [0.2, 0.25) is 0 Å². The smallest absolute Gasteiger partial charge is 0.191 e. The Morgan fingerprint density at radius 2 is 2.09 bits per heavy atom. The lowest BCUT2D eigenvalue weighted by Gasteiger charge is -2.17. The van der Waals surface area contributed by atoms with E-state index < -0.39 is 6.10 Å². The van der Waals surface area contributed by atoms with E-state index in [1.54, 1.807) is 7.11 Å². The third-order valence-corrected chi connectivity index (χ3v) is 5.10. The number of nitrogens with one attached hydrogen (secondary N) is 2. The van der Waals surface area contributed by atoms with Crippen molar-refractivity contribution in [2.75, 3.05) is 33.4 Å². The molecule has 0 saturated carbocycles. The van der Waals surface area contributed by atoms with Crippen LogP contribution >= 0.6 is 24.0 Å². The molecule has 1 heterocycles. The van der Waals surface area contributed by atoms with Crippen molar-refractivity contribution in [3.8, 4) is 11.5 Å². The highest BCUT2D eigenvalue weighted by Crippen LogP contribution is 2.24. The molecule has 0 aromatic heterocycles. The first-order valence-corrected chi connectivity index (χ1v) is 10.8. The fraction of sp³-hybridized carbons (Fsp3) is 0.458. The molecule has 8 heteroatoms. The first-order chi connectivity index (χ1) is 15.1. The van der Waals surface area contributed by atoms with Gasteiger partial charge in [0, 0.05) is 25.1 Å². The number of hydrogen-bond donors (Lipinski definition) is 3. The second-order valence-electron chi connectivity index (χ2n) is 7.58. The van der Waals surface area contributed by atoms with Gasteiger partial charge in [-0.15, -0.1) is 24.0 Å². The molecule has 0 spiro atoms. The van der Waals surface area contributed by atoms with Crippen LogP contribution in [-0.2, 0) is 11.3 Å². The number of aryl methyl sites for hydroxylation is 1. The summed E-state index contributed by atoms with van der Waals surface area (Å²) in [5, 5.41) is 17.0. The number of aliphatic hydroxyl groups is 1. The molecule has 2 aromatic carbocycles. The molecule has 7 nitrogen and oxygen atoms in total. The van der Waals surface area contributed by atoms with Crippen molar-refractivity contribution in [2.45, 2.75) is 39.0 Å². The van der Waals surface area contributed by atoms with Gasteiger partial charge in [0.2, 0.25) is 0 Å². The van der Waals surface area contributed by atoms with E-state index >= 15 is 0 Å². The van der Waals surface area contributed by atoms with Gasteiger partial charge in [0.1, 0.15) is 17.6 Å². The maximum absolute atomic E-state index is 10.5. The van der Waals surface area contributed by atoms with Gasteiger partial charge in [-0.05, 0) is 43.2 Å². The summed E-state index contributed by atoms with van der Waals surface area (Å²) >= 11 is 0. The molecule has 2 unspecified atom stereocenters. The number of ether oxygens (including phenoxy) is 3. The number of hydrogen-bond acceptors (Lipinski definition) is 5. The number of nitrogens with zero attached hydrogens (tertiary/aromatic N) is 1. The van der Waals surface area contributed by atoms with Gasteiger partial charge >= 0.3 is 0 Å². The molecule has 1 aliphatic heterocycles. The summed E-state index contributed by atoms with van der Waals surface area (Å²) in [4.78, 5) is 4.70. The molecule has 0 aliphatic carbocycles. The van der Waals surface area contributed by atoms with Crippen molar-refractivity contribution >= 4 is 29.9 Å². The molecule has 0 bridgehead atoms. The SMILES string of the molecule is CCNC(=NCc1ccc(C)cc1OC1CCOC1)NCC(O)c1cccc(OC)c1.I. The van der Waals surface area contributed by atoms with Gasteiger partial charge in [0.25, 0.3) is 0 Å². The van der Waals surface area contributed by atoms with Crippen LogP contribution in [0.5, 0.6) is 11.5 Å². The standard InChI is InChI=1S/C24H33N3O4.HI/c1-4-25-24(27-15-22(28)18-6-5-7-20(13-18)29-3)26-14-19-9-8-17(2)12-23(19)31-21-10-11-30-16-21;/h5-9,12-13,21-22,28H,4,10-11,14-16H2,1-3H3,(H2,25,26,27);1H. The highest BCUT2D eigenvalue weighted by atomic mass is 127. The van der Waals surface area contributed by atoms with E-state index in [4.69, 9.17) is 19.2 Å². The number of halogens is 1. The third kappa shape index (κ3) is 7.83. The lowest BCUT2D eigenvalue weighted by Crippen LogP contribution is -2.39. The van der Waals surface area contributed by atoms with Crippen molar-refractivity contribution in [2.24, 2.45) is 4.99 Å². The van der Waals surface area contributed by atoms with Crippen LogP contribution in [0.1, 0.15) is 36.1 Å². The number of aliphatic imine (C=N–C) groups is 1. The Kier molecular flexibility index (Phi) is 11.1. The monoisotopic (exact) mass is 555 g/mol. The van der Waals surface area contributed by atoms with Crippen LogP contribution in [-0.4, -0.2) is 50.6 Å². The van der Waals surface area contributed by atoms with Crippen LogP contribution in [0.3, 0.4) is 0 Å². The predicted octanol–water partition coefficient (Wildman–Crippen LogP) is 3.58. The molecule has 3 rings (SSSR count). The maximum atomic E-state index is 10.5. The largest absolute Gasteiger partial charge is 0.497 e. The Balaban J connectivity index is 0.00000363. The Morgan fingerprint density at radius 3 is 2.81 bits per heavy atom. The zero-order valence-electron chi connectivity index (χ0n) is 19.0. The van der Waals surface area contributed by atoms with Gasteiger partial charge in [0.15, 0.2) is 5.96 Å². The molecule has 2 aromatic rings. The molecule has 0 amide bonds. The summed E-state index contributed by atoms with van der Waals surface area (Å²) in [6, 6.07) is 13.6. The third-order valence-electron chi connectivity index (χ3n) is 5.10. The van der Waals surface area contributed by atoms with E-state index in [1.807, 2.05) is 31.2 Å². The number of aliphatic hydroxyl groups excluding tert-OH is 1. The topological polar surface area (TPSA) is 84.3 Å². The average Bonchev–Trinajstić information content (AvgIpc) is 3.29. The summed E-state index contributed by atoms with van der Waals surface area (Å²) in [5.74, 6) is 2.21. The van der Waals surface area contributed by atoms with E-state index in [2.05, 4.69) is 35.8 Å². The minimum atomic E-state index is -0.681. The minimum absolute atomic E-state index is 0. The second-order valence-corrected chi connectivity index (χ2v) is 7.58. The van der Waals surface area contributed by atoms with Crippen molar-refractivity contribution in [3.63, 3.8) is 0 Å². The van der Waals surface area contributed by atoms with Crippen LogP contribution in [0.4, 0.5) is 0 Å². The van der Waals surface area contributed by atoms with Gasteiger partial charge in [-0.2, -0.15) is 0 Å². The summed E-state index contributed by atoms with van der Waals surface area (Å²) in [5.41, 5.74) is 2.95. The number of rotatable bonds is 9. The lowest BCUT2D eigenvalue weighted by atomic mass is 10.1. The molecule has 0 radical (unpaired) electrons. The van der Waals surface area contributed by atoms with Gasteiger partial charge < -0.3 is 30.0 Å². The Hall–Kier alpha value is -2.04. The molecule has 1 aliphatic rings. The molecule has 2 atom stereocenters. The van der Waals surface area contributed by atoms with Crippen molar-refractivity contribution in [3.05, 3.63) is 59.2 Å². The van der Waals surface area contributed by atoms with Crippen molar-refractivity contribution < 1.29 is 19.3 Å². The van der Waals surface area contributed by atoms with Crippen LogP contribution in [0.25, 0.3) is 0 Å². The van der Waals surface area contributed by atoms with E-state index in [1.165, 1.54) is 0 Å². The molecule has 1 fully saturated rings. The Bertz CT molecular complexity index is 872. The predicted molar refractivity (Wildman–Crippen MR) is 137 cm³/mol. The van der Waals surface area contributed by atoms with Gasteiger partial charge in [0.05, 0.1) is 33.0 Å². The normalized spacial score (nSPS) is 16.8. The van der Waals surface area contributed by atoms with Crippen molar-refractivity contribution in [1.29, 1.82) is 0 Å². The summed E-state index contributed by atoms with van der Waals surface area (Å²) in [7, 11) is 1.61. The molecule has 176 valence electrons. The summed E-state index contributed by atoms with van der Waals surface area (Å²) in [6.07, 6.45) is 0.316. The van der Waals surface area contributed by atoms with E-state index in [9.17, 15) is 5.11 Å². The fourth-order valence-electron chi connectivity index (χ4n) is 3.35. The summed E-state index contributed by atoms with van der Waals surface area (Å²) < 4.78 is 16.8. The highest BCUT2D eigenvalue weighted by molar-refractivity contribution is 14.0. The number of guanidine groups is 1. The summed E-state index contributed by atoms with van der Waals surface area (Å²) in [6.45, 7) is 6.95. The second kappa shape index (κ2) is 13.5. The quantitative estimate of drug-likeness (QED) is 0.249. The van der Waals surface area contributed by atoms with E-state index in [0.29, 0.717) is 25.7 Å². The van der Waals surface area contributed by atoms with Gasteiger partial charge in [-0.3, -0.25) is 0 Å². The minimum Gasteiger partial charge on any atom is -0.497 e. The molecular formula is C24H34IN3O4. The molecule has 1 saturated heterocycles. The zero-order chi connectivity index (χ0) is 22.1. The first kappa shape index (κ1) is 26.2. The van der Waals surface area contributed by atoms with Crippen LogP contribution in [0, 0.1) is 6.92 Å². The first-order valence-electron chi connectivity index (χ1n) is 10.8. The molecule has 32 heavy (non-hydrogen) atoms. The zero-order valence-corrected chi connectivity index (χ0v) is 21.3. The number of benzene rings is 2. The van der Waals surface area contributed by atoms with Crippen LogP contribution < -0.4 is 20.1 Å². The molecular weight excluding hydrogens is 521 g/mol. The van der Waals surface area contributed by atoms with E-state index in [-0.39, 0.29) is 30.1 Å². The average molecular weight is 555 g/mol. The van der Waals surface area contributed by atoms with E-state index in [0.717, 1.165) is 47.8 Å². The van der Waals surface area contributed by atoms with Crippen molar-refractivity contribution in [1.82, 2.24) is 10.6 Å². The maximum Gasteiger partial charge on any atom is 0.191 e. The highest BCUT2D eigenvalue weighted by Gasteiger charge is 2.19. The Labute approximate surface area is 207 Å². The van der Waals surface area contributed by atoms with Gasteiger partial charge in [-0.25, -0.2) is 4.99 Å². The van der Waals surface area contributed by atoms with Gasteiger partial charge in [-0.1, -0.05) is 24.3 Å². The Morgan fingerprint density at radius 1 is 1.25 bits per heavy atom. The van der Waals surface area contributed by atoms with Crippen LogP contribution in [0.15, 0.2) is 47.5 Å². The fourth-order valence-corrected chi connectivity index (χ4v) is 3.35.